The maximum absolute atomic E-state index is 12.0. The topological polar surface area (TPSA) is 116 Å². The van der Waals surface area contributed by atoms with E-state index in [9.17, 15) is 8.42 Å². The molecule has 2 atom stereocenters. The number of hydrogen-bond donors (Lipinski definition) is 2. The van der Waals surface area contributed by atoms with E-state index in [4.69, 9.17) is 10.7 Å². The molecule has 0 spiro atoms. The molecule has 1 fully saturated rings. The summed E-state index contributed by atoms with van der Waals surface area (Å²) in [6.45, 7) is 6.44. The van der Waals surface area contributed by atoms with Crippen LogP contribution in [0, 0.1) is 11.8 Å². The van der Waals surface area contributed by atoms with Gasteiger partial charge in [-0.1, -0.05) is 30.3 Å². The van der Waals surface area contributed by atoms with Gasteiger partial charge in [-0.05, 0) is 57.4 Å². The third-order valence-corrected chi connectivity index (χ3v) is 9.07. The molecular weight excluding hydrogens is 432 g/mol. The zero-order chi connectivity index (χ0) is 22.2. The number of nitrogens with two attached hydrogens (primary N) is 1. The van der Waals surface area contributed by atoms with E-state index in [1.165, 1.54) is 36.1 Å². The van der Waals surface area contributed by atoms with Crippen LogP contribution in [0.5, 0.6) is 0 Å². The molecule has 0 radical (unpaired) electrons. The van der Waals surface area contributed by atoms with Gasteiger partial charge in [0.25, 0.3) is 0 Å². The minimum absolute atomic E-state index is 0.354. The molecule has 2 aliphatic rings. The van der Waals surface area contributed by atoms with Crippen LogP contribution in [-0.4, -0.2) is 39.7 Å². The fourth-order valence-electron chi connectivity index (χ4n) is 4.20. The molecule has 31 heavy (non-hydrogen) atoms. The zero-order valence-electron chi connectivity index (χ0n) is 18.2. The number of hydrogen-bond acceptors (Lipinski definition) is 7. The number of nitrogens with zero attached hydrogens (tertiary/aromatic N) is 4. The summed E-state index contributed by atoms with van der Waals surface area (Å²) in [5.41, 5.74) is 8.61. The van der Waals surface area contributed by atoms with E-state index < -0.39 is 15.3 Å². The Labute approximate surface area is 187 Å². The van der Waals surface area contributed by atoms with Crippen molar-refractivity contribution in [3.8, 4) is 0 Å². The molecule has 2 heterocycles. The van der Waals surface area contributed by atoms with Crippen molar-refractivity contribution in [1.29, 1.82) is 0 Å². The van der Waals surface area contributed by atoms with Gasteiger partial charge in [-0.15, -0.1) is 0 Å². The van der Waals surface area contributed by atoms with Gasteiger partial charge in [0.05, 0.1) is 5.25 Å². The minimum atomic E-state index is -3.28. The first-order chi connectivity index (χ1) is 14.8. The predicted molar refractivity (Wildman–Crippen MR) is 125 cm³/mol. The summed E-state index contributed by atoms with van der Waals surface area (Å²) in [6.07, 6.45) is 10.7. The van der Waals surface area contributed by atoms with Gasteiger partial charge in [0.15, 0.2) is 22.1 Å². The number of fused-ring (bicyclic) bond motifs is 2. The van der Waals surface area contributed by atoms with Crippen molar-refractivity contribution in [3.63, 3.8) is 0 Å². The van der Waals surface area contributed by atoms with E-state index >= 15 is 0 Å². The molecule has 4 rings (SSSR count). The van der Waals surface area contributed by atoms with Crippen LogP contribution in [0.3, 0.4) is 0 Å². The van der Waals surface area contributed by atoms with E-state index in [0.29, 0.717) is 48.3 Å². The van der Waals surface area contributed by atoms with Crippen LogP contribution in [0.15, 0.2) is 34.1 Å². The van der Waals surface area contributed by atoms with Crippen LogP contribution < -0.4 is 10.5 Å². The molecule has 0 aromatic carbocycles. The van der Waals surface area contributed by atoms with Crippen molar-refractivity contribution < 1.29 is 8.42 Å². The number of nitrogens with one attached hydrogen (secondary N) is 1. The number of rotatable bonds is 8. The normalized spacial score (nSPS) is 21.4. The first-order valence-corrected chi connectivity index (χ1v) is 13.2. The summed E-state index contributed by atoms with van der Waals surface area (Å²) in [6, 6.07) is 0. The van der Waals surface area contributed by atoms with Gasteiger partial charge in [0, 0.05) is 18.0 Å². The maximum atomic E-state index is 12.0. The molecule has 2 unspecified atom stereocenters. The third-order valence-electron chi connectivity index (χ3n) is 6.05. The molecule has 1 saturated carbocycles. The standard InChI is InChI=1S/C21H30N6O2S2/c1-13(2)31(28,29)25-8-5-9-27-20-18(19(22)23-12-24-20)26-21(27)30-17-11-16-7-4-6-15(16)10-14(17)3/h10-13,15-16,25H,4-9H2,1-3H3,(H2,22,23,24). The highest BCUT2D eigenvalue weighted by Gasteiger charge is 2.29. The van der Waals surface area contributed by atoms with E-state index in [-0.39, 0.29) is 0 Å². The van der Waals surface area contributed by atoms with Crippen LogP contribution in [0.2, 0.25) is 0 Å². The molecule has 0 aliphatic heterocycles. The largest absolute Gasteiger partial charge is 0.382 e. The highest BCUT2D eigenvalue weighted by atomic mass is 32.2. The second kappa shape index (κ2) is 8.91. The van der Waals surface area contributed by atoms with E-state index in [1.807, 2.05) is 4.57 Å². The molecular formula is C21H30N6O2S2. The lowest BCUT2D eigenvalue weighted by molar-refractivity contribution is 0.547. The summed E-state index contributed by atoms with van der Waals surface area (Å²) in [4.78, 5) is 14.5. The van der Waals surface area contributed by atoms with Crippen LogP contribution in [0.25, 0.3) is 11.2 Å². The number of allylic oxidation sites excluding steroid dienone is 3. The van der Waals surface area contributed by atoms with Gasteiger partial charge in [-0.25, -0.2) is 28.1 Å². The lowest BCUT2D eigenvalue weighted by Gasteiger charge is -2.22. The van der Waals surface area contributed by atoms with Crippen molar-refractivity contribution in [3.05, 3.63) is 29.0 Å². The highest BCUT2D eigenvalue weighted by molar-refractivity contribution is 8.03. The van der Waals surface area contributed by atoms with Crippen molar-refractivity contribution in [2.75, 3.05) is 12.3 Å². The average Bonchev–Trinajstić information content (AvgIpc) is 3.30. The Kier molecular flexibility index (Phi) is 6.41. The Balaban J connectivity index is 1.57. The van der Waals surface area contributed by atoms with Crippen LogP contribution >= 0.6 is 11.8 Å². The van der Waals surface area contributed by atoms with Crippen LogP contribution in [0.4, 0.5) is 5.82 Å². The number of anilines is 1. The summed E-state index contributed by atoms with van der Waals surface area (Å²) in [5, 5.41) is 0.358. The molecule has 0 saturated heterocycles. The molecule has 2 aromatic heterocycles. The third kappa shape index (κ3) is 4.65. The summed E-state index contributed by atoms with van der Waals surface area (Å²) in [7, 11) is -3.28. The molecule has 168 valence electrons. The SMILES string of the molecule is CC1=CC2CCCC2C=C1Sc1nc2c(N)ncnc2n1CCCNS(=O)(=O)C(C)C. The Morgan fingerprint density at radius 2 is 2.00 bits per heavy atom. The van der Waals surface area contributed by atoms with Crippen LogP contribution in [0.1, 0.15) is 46.5 Å². The number of aryl methyl sites for hydroxylation is 1. The lowest BCUT2D eigenvalue weighted by Crippen LogP contribution is -2.31. The molecule has 10 heteroatoms. The first kappa shape index (κ1) is 22.3. The molecule has 2 aromatic rings. The second-order valence-electron chi connectivity index (χ2n) is 8.56. The van der Waals surface area contributed by atoms with Gasteiger partial charge >= 0.3 is 0 Å². The number of imidazole rings is 1. The molecule has 0 bridgehead atoms. The van der Waals surface area contributed by atoms with E-state index in [1.54, 1.807) is 25.6 Å². The quantitative estimate of drug-likeness (QED) is 0.577. The van der Waals surface area contributed by atoms with Crippen molar-refractivity contribution in [2.45, 2.75) is 63.4 Å². The van der Waals surface area contributed by atoms with Crippen molar-refractivity contribution in [1.82, 2.24) is 24.2 Å². The second-order valence-corrected chi connectivity index (χ2v) is 11.9. The smallest absolute Gasteiger partial charge is 0.213 e. The number of thioether (sulfide) groups is 1. The molecule has 8 nitrogen and oxygen atoms in total. The van der Waals surface area contributed by atoms with Gasteiger partial charge in [0.1, 0.15) is 6.33 Å². The van der Waals surface area contributed by atoms with Gasteiger partial charge in [-0.3, -0.25) is 0 Å². The predicted octanol–water partition coefficient (Wildman–Crippen LogP) is 3.48. The number of sulfonamides is 1. The van der Waals surface area contributed by atoms with E-state index in [2.05, 4.69) is 33.8 Å². The first-order valence-electron chi connectivity index (χ1n) is 10.8. The summed E-state index contributed by atoms with van der Waals surface area (Å²) >= 11 is 1.63. The lowest BCUT2D eigenvalue weighted by atomic mass is 9.89. The highest BCUT2D eigenvalue weighted by Crippen LogP contribution is 2.44. The fourth-order valence-corrected chi connectivity index (χ4v) is 6.06. The van der Waals surface area contributed by atoms with E-state index in [0.717, 1.165) is 5.16 Å². The van der Waals surface area contributed by atoms with Crippen LogP contribution in [-0.2, 0) is 16.6 Å². The van der Waals surface area contributed by atoms with Gasteiger partial charge in [0.2, 0.25) is 10.0 Å². The summed E-state index contributed by atoms with van der Waals surface area (Å²) in [5.74, 6) is 1.63. The minimum Gasteiger partial charge on any atom is -0.382 e. The molecule has 2 aliphatic carbocycles. The Morgan fingerprint density at radius 1 is 1.26 bits per heavy atom. The molecule has 3 N–H and O–H groups in total. The van der Waals surface area contributed by atoms with Crippen molar-refractivity contribution >= 4 is 38.8 Å². The Hall–Kier alpha value is -1.91. The molecule has 0 amide bonds. The Bertz CT molecular complexity index is 1140. The number of aromatic nitrogens is 4. The average molecular weight is 463 g/mol. The Morgan fingerprint density at radius 3 is 2.74 bits per heavy atom. The van der Waals surface area contributed by atoms with Crippen molar-refractivity contribution in [2.24, 2.45) is 11.8 Å². The number of nitrogen functional groups attached to an aromatic ring is 1. The zero-order valence-corrected chi connectivity index (χ0v) is 19.8. The van der Waals surface area contributed by atoms with Gasteiger partial charge < -0.3 is 10.3 Å². The monoisotopic (exact) mass is 462 g/mol. The van der Waals surface area contributed by atoms with Gasteiger partial charge in [-0.2, -0.15) is 0 Å². The fraction of sp³-hybridized carbons (Fsp3) is 0.571. The maximum Gasteiger partial charge on any atom is 0.213 e. The summed E-state index contributed by atoms with van der Waals surface area (Å²) < 4.78 is 28.7.